The van der Waals surface area contributed by atoms with Crippen LogP contribution in [-0.4, -0.2) is 10.7 Å². The summed E-state index contributed by atoms with van der Waals surface area (Å²) >= 11 is 0. The summed E-state index contributed by atoms with van der Waals surface area (Å²) in [5.41, 5.74) is 15.2. The Morgan fingerprint density at radius 2 is 1.34 bits per heavy atom. The molecule has 3 unspecified atom stereocenters. The third kappa shape index (κ3) is 4.73. The molecule has 0 bridgehead atoms. The molecule has 3 heterocycles. The fourth-order valence-corrected chi connectivity index (χ4v) is 9.00. The van der Waals surface area contributed by atoms with Gasteiger partial charge in [0.05, 0.1) is 11.0 Å². The van der Waals surface area contributed by atoms with E-state index in [1.54, 1.807) is 0 Å². The van der Waals surface area contributed by atoms with Crippen LogP contribution in [0.4, 0.5) is 0 Å². The number of fused-ring (bicyclic) bond motifs is 9. The molecular weight excluding hydrogens is 647 g/mol. The van der Waals surface area contributed by atoms with E-state index in [-0.39, 0.29) is 12.0 Å². The Kier molecular flexibility index (Phi) is 6.63. The highest BCUT2D eigenvalue weighted by Gasteiger charge is 2.35. The summed E-state index contributed by atoms with van der Waals surface area (Å²) in [6, 6.07) is 46.2. The van der Waals surface area contributed by atoms with Gasteiger partial charge in [-0.05, 0) is 94.8 Å². The van der Waals surface area contributed by atoms with Gasteiger partial charge in [0, 0.05) is 49.9 Å². The molecular formula is C50H37NO2. The van der Waals surface area contributed by atoms with Crippen molar-refractivity contribution in [3.8, 4) is 28.0 Å². The summed E-state index contributed by atoms with van der Waals surface area (Å²) in [5, 5.41) is 4.83. The number of benzene rings is 6. The van der Waals surface area contributed by atoms with Crippen LogP contribution < -0.4 is 4.74 Å². The monoisotopic (exact) mass is 683 g/mol. The van der Waals surface area contributed by atoms with Gasteiger partial charge < -0.3 is 13.7 Å². The summed E-state index contributed by atoms with van der Waals surface area (Å²) in [5.74, 6) is 1.74. The second kappa shape index (κ2) is 11.6. The van der Waals surface area contributed by atoms with Crippen molar-refractivity contribution < 1.29 is 9.15 Å². The molecule has 3 aliphatic rings. The highest BCUT2D eigenvalue weighted by molar-refractivity contribution is 6.12. The number of furan rings is 1. The van der Waals surface area contributed by atoms with E-state index >= 15 is 0 Å². The lowest BCUT2D eigenvalue weighted by atomic mass is 9.84. The van der Waals surface area contributed by atoms with E-state index in [0.29, 0.717) is 5.92 Å². The Morgan fingerprint density at radius 3 is 2.23 bits per heavy atom. The lowest BCUT2D eigenvalue weighted by Crippen LogP contribution is -2.23. The average molecular weight is 684 g/mol. The molecule has 0 N–H and O–H groups in total. The number of rotatable bonds is 4. The first-order chi connectivity index (χ1) is 26.1. The van der Waals surface area contributed by atoms with Gasteiger partial charge in [0.2, 0.25) is 0 Å². The first-order valence-electron chi connectivity index (χ1n) is 18.7. The minimum Gasteiger partial charge on any atom is -0.484 e. The van der Waals surface area contributed by atoms with E-state index in [1.807, 2.05) is 6.07 Å². The molecule has 6 aromatic carbocycles. The van der Waals surface area contributed by atoms with E-state index in [2.05, 4.69) is 170 Å². The Bertz CT molecular complexity index is 2940. The number of hydrogen-bond acceptors (Lipinski definition) is 2. The van der Waals surface area contributed by atoms with Crippen LogP contribution >= 0.6 is 0 Å². The van der Waals surface area contributed by atoms with Gasteiger partial charge in [0.1, 0.15) is 23.0 Å². The van der Waals surface area contributed by atoms with Crippen molar-refractivity contribution in [1.29, 1.82) is 0 Å². The fourth-order valence-electron chi connectivity index (χ4n) is 9.00. The van der Waals surface area contributed by atoms with Crippen molar-refractivity contribution in [3.63, 3.8) is 0 Å². The molecule has 2 aliphatic carbocycles. The van der Waals surface area contributed by atoms with Crippen LogP contribution in [0.5, 0.6) is 5.75 Å². The van der Waals surface area contributed by atoms with E-state index in [4.69, 9.17) is 9.15 Å². The van der Waals surface area contributed by atoms with Crippen LogP contribution in [0.3, 0.4) is 0 Å². The molecule has 0 spiro atoms. The molecule has 0 radical (unpaired) electrons. The Balaban J connectivity index is 0.977. The molecule has 0 saturated carbocycles. The van der Waals surface area contributed by atoms with Gasteiger partial charge in [0.15, 0.2) is 0 Å². The van der Waals surface area contributed by atoms with Crippen molar-refractivity contribution in [3.05, 3.63) is 169 Å². The quantitative estimate of drug-likeness (QED) is 0.185. The molecule has 3 nitrogen and oxygen atoms in total. The van der Waals surface area contributed by atoms with Gasteiger partial charge in [-0.2, -0.15) is 0 Å². The summed E-state index contributed by atoms with van der Waals surface area (Å²) in [7, 11) is 0. The highest BCUT2D eigenvalue weighted by atomic mass is 16.5. The predicted molar refractivity (Wildman–Crippen MR) is 221 cm³/mol. The predicted octanol–water partition coefficient (Wildman–Crippen LogP) is 13.3. The first-order valence-corrected chi connectivity index (χ1v) is 18.7. The second-order valence-electron chi connectivity index (χ2n) is 15.0. The van der Waals surface area contributed by atoms with Crippen molar-refractivity contribution in [2.75, 3.05) is 0 Å². The van der Waals surface area contributed by atoms with Crippen LogP contribution in [0.2, 0.25) is 0 Å². The van der Waals surface area contributed by atoms with Crippen LogP contribution in [-0.2, 0) is 0 Å². The van der Waals surface area contributed by atoms with Crippen LogP contribution in [0.1, 0.15) is 31.4 Å². The number of aromatic nitrogens is 1. The summed E-state index contributed by atoms with van der Waals surface area (Å²) in [4.78, 5) is 0. The second-order valence-corrected chi connectivity index (χ2v) is 15.0. The molecule has 2 aromatic heterocycles. The third-order valence-corrected chi connectivity index (χ3v) is 11.5. The van der Waals surface area contributed by atoms with Gasteiger partial charge in [0.25, 0.3) is 0 Å². The molecule has 3 atom stereocenters. The number of nitrogens with zero attached hydrogens (tertiary/aromatic N) is 1. The summed E-state index contributed by atoms with van der Waals surface area (Å²) in [6.45, 7) is 4.53. The van der Waals surface area contributed by atoms with Crippen molar-refractivity contribution in [1.82, 2.24) is 4.57 Å². The average Bonchev–Trinajstić information content (AvgIpc) is 3.87. The number of allylic oxidation sites excluding steroid dienone is 6. The SMILES string of the molecule is CC1C=CC=C(n2c3ccccc3c3cc(-c4cccc(-c5ccc6oc7c(C8=CC(C)C9Oc%10ccccc%10C9=C8)cccc7c6c5)c4)ccc32)C1. The maximum absolute atomic E-state index is 6.65. The smallest absolute Gasteiger partial charge is 0.143 e. The zero-order valence-electron chi connectivity index (χ0n) is 29.7. The highest BCUT2D eigenvalue weighted by Crippen LogP contribution is 2.46. The maximum atomic E-state index is 6.65. The summed E-state index contributed by atoms with van der Waals surface area (Å²) < 4.78 is 15.5. The fraction of sp³-hybridized carbons (Fsp3) is 0.120. The zero-order chi connectivity index (χ0) is 35.2. The molecule has 8 aromatic rings. The van der Waals surface area contributed by atoms with Crippen LogP contribution in [0, 0.1) is 11.8 Å². The standard InChI is InChI=1S/C50H37NO2/c1-30-10-7-13-37(24-30)51-45-18-5-3-14-39(45)42-27-34(20-22-46(42)51)32-11-8-12-33(26-32)35-21-23-48-43(28-35)41-17-9-16-38(50(41)53-48)36-25-31(2)49-44(29-36)40-15-4-6-19-47(40)52-49/h3-23,25-31,49H,24H2,1-2H3. The number of para-hydroxylation sites is 3. The van der Waals surface area contributed by atoms with Crippen molar-refractivity contribution in [2.45, 2.75) is 26.4 Å². The van der Waals surface area contributed by atoms with Gasteiger partial charge >= 0.3 is 0 Å². The number of hydrogen-bond donors (Lipinski definition) is 0. The van der Waals surface area contributed by atoms with Gasteiger partial charge in [-0.3, -0.25) is 0 Å². The third-order valence-electron chi connectivity index (χ3n) is 11.5. The molecule has 0 saturated heterocycles. The van der Waals surface area contributed by atoms with E-state index in [0.717, 1.165) is 39.7 Å². The number of ether oxygens (including phenoxy) is 1. The normalized spacial score (nSPS) is 19.3. The topological polar surface area (TPSA) is 27.3 Å². The van der Waals surface area contributed by atoms with E-state index in [9.17, 15) is 0 Å². The Hall–Kier alpha value is -6.32. The van der Waals surface area contributed by atoms with Gasteiger partial charge in [-0.1, -0.05) is 117 Å². The minimum atomic E-state index is 0.0486. The van der Waals surface area contributed by atoms with Gasteiger partial charge in [-0.15, -0.1) is 0 Å². The lowest BCUT2D eigenvalue weighted by molar-refractivity contribution is 0.236. The Labute approximate surface area is 308 Å². The molecule has 0 fully saturated rings. The van der Waals surface area contributed by atoms with Crippen LogP contribution in [0.15, 0.2) is 162 Å². The summed E-state index contributed by atoms with van der Waals surface area (Å²) in [6.07, 6.45) is 12.5. The minimum absolute atomic E-state index is 0.0486. The van der Waals surface area contributed by atoms with Gasteiger partial charge in [-0.25, -0.2) is 0 Å². The molecule has 0 amide bonds. The van der Waals surface area contributed by atoms with E-state index < -0.39 is 0 Å². The molecule has 53 heavy (non-hydrogen) atoms. The molecule has 11 rings (SSSR count). The molecule has 1 aliphatic heterocycles. The maximum Gasteiger partial charge on any atom is 0.143 e. The first kappa shape index (κ1) is 30.3. The van der Waals surface area contributed by atoms with Crippen molar-refractivity contribution in [2.24, 2.45) is 11.8 Å². The van der Waals surface area contributed by atoms with Crippen molar-refractivity contribution >= 4 is 60.6 Å². The lowest BCUT2D eigenvalue weighted by Gasteiger charge is -2.23. The zero-order valence-corrected chi connectivity index (χ0v) is 29.7. The molecule has 3 heteroatoms. The Morgan fingerprint density at radius 1 is 0.623 bits per heavy atom. The van der Waals surface area contributed by atoms with Crippen LogP contribution in [0.25, 0.3) is 82.8 Å². The largest absolute Gasteiger partial charge is 0.484 e. The molecule has 254 valence electrons. The van der Waals surface area contributed by atoms with E-state index in [1.165, 1.54) is 66.5 Å².